The number of hydrogen-bond acceptors (Lipinski definition) is 4. The number of halogens is 3. The molecule has 19 heavy (non-hydrogen) atoms. The summed E-state index contributed by atoms with van der Waals surface area (Å²) in [6.45, 7) is 0. The van der Waals surface area contributed by atoms with Crippen molar-refractivity contribution in [2.45, 2.75) is 0 Å². The van der Waals surface area contributed by atoms with Gasteiger partial charge in [0, 0.05) is 12.2 Å². The predicted molar refractivity (Wildman–Crippen MR) is 56.3 cm³/mol. The number of rotatable bonds is 3. The summed E-state index contributed by atoms with van der Waals surface area (Å²) in [7, 11) is 0. The van der Waals surface area contributed by atoms with Gasteiger partial charge in [0.1, 0.15) is 0 Å². The molecule has 0 radical (unpaired) electrons. The van der Waals surface area contributed by atoms with Crippen molar-refractivity contribution in [2.24, 2.45) is 0 Å². The van der Waals surface area contributed by atoms with Gasteiger partial charge in [0.2, 0.25) is 5.89 Å². The van der Waals surface area contributed by atoms with E-state index in [4.69, 9.17) is 9.52 Å². The average molecular weight is 270 g/mol. The predicted octanol–water partition coefficient (Wildman–Crippen LogP) is 2.25. The molecule has 0 aliphatic rings. The molecule has 8 heteroatoms. The lowest BCUT2D eigenvalue weighted by Gasteiger charge is -1.99. The van der Waals surface area contributed by atoms with Crippen LogP contribution in [0.3, 0.4) is 0 Å². The molecule has 0 saturated carbocycles. The van der Waals surface area contributed by atoms with Gasteiger partial charge in [-0.05, 0) is 12.1 Å². The van der Waals surface area contributed by atoms with Gasteiger partial charge in [0.15, 0.2) is 17.5 Å². The van der Waals surface area contributed by atoms with Crippen molar-refractivity contribution in [2.75, 3.05) is 0 Å². The Kier molecular flexibility index (Phi) is 3.32. The lowest BCUT2D eigenvalue weighted by atomic mass is 10.2. The number of nitrogens with zero attached hydrogens (tertiary/aromatic N) is 2. The molecule has 0 aliphatic carbocycles. The maximum absolute atomic E-state index is 13.4. The first-order valence-corrected chi connectivity index (χ1v) is 4.87. The summed E-state index contributed by atoms with van der Waals surface area (Å²) in [5, 5.41) is 15.2. The largest absolute Gasteiger partial charge is 0.478 e. The highest BCUT2D eigenvalue weighted by Gasteiger charge is 2.18. The SMILES string of the molecule is O=C(O)/C=C/c1nnc(-c2ccc(F)c(F)c2F)o1. The van der Waals surface area contributed by atoms with Gasteiger partial charge in [-0.15, -0.1) is 10.2 Å². The molecule has 5 nitrogen and oxygen atoms in total. The second-order valence-electron chi connectivity index (χ2n) is 3.34. The van der Waals surface area contributed by atoms with Gasteiger partial charge < -0.3 is 9.52 Å². The van der Waals surface area contributed by atoms with Gasteiger partial charge in [-0.25, -0.2) is 18.0 Å². The summed E-state index contributed by atoms with van der Waals surface area (Å²) >= 11 is 0. The normalized spacial score (nSPS) is 11.1. The van der Waals surface area contributed by atoms with Crippen molar-refractivity contribution in [3.63, 3.8) is 0 Å². The maximum Gasteiger partial charge on any atom is 0.328 e. The molecule has 1 aromatic carbocycles. The van der Waals surface area contributed by atoms with E-state index in [0.29, 0.717) is 6.07 Å². The molecular formula is C11H5F3N2O3. The summed E-state index contributed by atoms with van der Waals surface area (Å²) in [5.74, 6) is -6.29. The highest BCUT2D eigenvalue weighted by atomic mass is 19.2. The molecule has 2 aromatic rings. The zero-order valence-electron chi connectivity index (χ0n) is 9.10. The Bertz CT molecular complexity index is 667. The molecular weight excluding hydrogens is 265 g/mol. The van der Waals surface area contributed by atoms with Crippen molar-refractivity contribution in [3.8, 4) is 11.5 Å². The van der Waals surface area contributed by atoms with Crippen LogP contribution in [0.5, 0.6) is 0 Å². The monoisotopic (exact) mass is 270 g/mol. The number of hydrogen-bond donors (Lipinski definition) is 1. The lowest BCUT2D eigenvalue weighted by Crippen LogP contribution is -1.93. The van der Waals surface area contributed by atoms with E-state index in [9.17, 15) is 18.0 Å². The van der Waals surface area contributed by atoms with Crippen LogP contribution in [0, 0.1) is 17.5 Å². The van der Waals surface area contributed by atoms with Crippen LogP contribution in [0.15, 0.2) is 22.6 Å². The highest BCUT2D eigenvalue weighted by Crippen LogP contribution is 2.24. The zero-order chi connectivity index (χ0) is 14.0. The Morgan fingerprint density at radius 1 is 1.21 bits per heavy atom. The molecule has 0 aliphatic heterocycles. The van der Waals surface area contributed by atoms with E-state index in [1.54, 1.807) is 0 Å². The van der Waals surface area contributed by atoms with E-state index in [-0.39, 0.29) is 11.8 Å². The minimum atomic E-state index is -1.65. The number of carbonyl (C=O) groups is 1. The van der Waals surface area contributed by atoms with Crippen molar-refractivity contribution in [1.82, 2.24) is 10.2 Å². The van der Waals surface area contributed by atoms with Crippen LogP contribution in [-0.2, 0) is 4.79 Å². The van der Waals surface area contributed by atoms with Crippen LogP contribution in [-0.4, -0.2) is 21.3 Å². The Morgan fingerprint density at radius 2 is 1.95 bits per heavy atom. The molecule has 1 aromatic heterocycles. The van der Waals surface area contributed by atoms with Gasteiger partial charge >= 0.3 is 5.97 Å². The third-order valence-electron chi connectivity index (χ3n) is 2.07. The molecule has 1 N–H and O–H groups in total. The molecule has 1 heterocycles. The van der Waals surface area contributed by atoms with Crippen molar-refractivity contribution < 1.29 is 27.5 Å². The Balaban J connectivity index is 2.38. The van der Waals surface area contributed by atoms with Gasteiger partial charge in [-0.3, -0.25) is 0 Å². The number of aliphatic carboxylic acids is 1. The summed E-state index contributed by atoms with van der Waals surface area (Å²) < 4.78 is 44.0. The minimum Gasteiger partial charge on any atom is -0.478 e. The molecule has 98 valence electrons. The van der Waals surface area contributed by atoms with E-state index in [0.717, 1.165) is 18.2 Å². The van der Waals surface area contributed by atoms with Gasteiger partial charge in [0.25, 0.3) is 5.89 Å². The molecule has 0 atom stereocenters. The maximum atomic E-state index is 13.4. The van der Waals surface area contributed by atoms with E-state index >= 15 is 0 Å². The average Bonchev–Trinajstić information content (AvgIpc) is 2.82. The fourth-order valence-corrected chi connectivity index (χ4v) is 1.24. The summed E-state index contributed by atoms with van der Waals surface area (Å²) in [6.07, 6.45) is 1.72. The van der Waals surface area contributed by atoms with Crippen LogP contribution in [0.1, 0.15) is 5.89 Å². The molecule has 2 rings (SSSR count). The first kappa shape index (κ1) is 12.8. The van der Waals surface area contributed by atoms with Crippen LogP contribution in [0.25, 0.3) is 17.5 Å². The zero-order valence-corrected chi connectivity index (χ0v) is 9.10. The van der Waals surface area contributed by atoms with E-state index < -0.39 is 29.0 Å². The standard InChI is InChI=1S/C11H5F3N2O3/c12-6-2-1-5(9(13)10(6)14)11-16-15-7(19-11)3-4-8(17)18/h1-4H,(H,17,18)/b4-3+. The smallest absolute Gasteiger partial charge is 0.328 e. The molecule has 0 fully saturated rings. The summed E-state index contributed by atoms with van der Waals surface area (Å²) in [4.78, 5) is 10.3. The Labute approximate surface area is 104 Å². The van der Waals surface area contributed by atoms with E-state index in [1.807, 2.05) is 0 Å². The van der Waals surface area contributed by atoms with Crippen LogP contribution >= 0.6 is 0 Å². The molecule has 0 amide bonds. The second-order valence-corrected chi connectivity index (χ2v) is 3.34. The second kappa shape index (κ2) is 4.92. The van der Waals surface area contributed by atoms with Crippen molar-refractivity contribution >= 4 is 12.0 Å². The molecule has 0 unspecified atom stereocenters. The Hall–Kier alpha value is -2.64. The fourth-order valence-electron chi connectivity index (χ4n) is 1.24. The lowest BCUT2D eigenvalue weighted by molar-refractivity contribution is -0.131. The first-order valence-electron chi connectivity index (χ1n) is 4.87. The number of aromatic nitrogens is 2. The highest BCUT2D eigenvalue weighted by molar-refractivity contribution is 5.84. The topological polar surface area (TPSA) is 76.2 Å². The summed E-state index contributed by atoms with van der Waals surface area (Å²) in [6, 6.07) is 1.65. The third kappa shape index (κ3) is 2.62. The van der Waals surface area contributed by atoms with Crippen LogP contribution in [0.4, 0.5) is 13.2 Å². The van der Waals surface area contributed by atoms with Crippen LogP contribution in [0.2, 0.25) is 0 Å². The van der Waals surface area contributed by atoms with Crippen molar-refractivity contribution in [3.05, 3.63) is 41.6 Å². The molecule has 0 bridgehead atoms. The fraction of sp³-hybridized carbons (Fsp3) is 0. The minimum absolute atomic E-state index is 0.207. The summed E-state index contributed by atoms with van der Waals surface area (Å²) in [5.41, 5.74) is -0.415. The molecule has 0 spiro atoms. The van der Waals surface area contributed by atoms with Gasteiger partial charge in [0.05, 0.1) is 5.56 Å². The number of carboxylic acids is 1. The number of carboxylic acid groups (broad SMARTS) is 1. The Morgan fingerprint density at radius 3 is 2.63 bits per heavy atom. The van der Waals surface area contributed by atoms with Gasteiger partial charge in [-0.2, -0.15) is 0 Å². The van der Waals surface area contributed by atoms with Gasteiger partial charge in [-0.1, -0.05) is 0 Å². The molecule has 0 saturated heterocycles. The number of benzene rings is 1. The van der Waals surface area contributed by atoms with Crippen molar-refractivity contribution in [1.29, 1.82) is 0 Å². The van der Waals surface area contributed by atoms with E-state index in [2.05, 4.69) is 10.2 Å². The first-order chi connectivity index (χ1) is 8.99. The third-order valence-corrected chi connectivity index (χ3v) is 2.07. The van der Waals surface area contributed by atoms with Crippen LogP contribution < -0.4 is 0 Å². The quantitative estimate of drug-likeness (QED) is 0.683. The van der Waals surface area contributed by atoms with E-state index in [1.165, 1.54) is 0 Å².